The Hall–Kier alpha value is -8.48. The molecule has 2 aliphatic rings. The molecule has 67 heavy (non-hydrogen) atoms. The number of hydrogen-bond donors (Lipinski definition) is 0. The van der Waals surface area contributed by atoms with Crippen molar-refractivity contribution in [1.29, 1.82) is 31.6 Å². The molecule has 0 spiro atoms. The van der Waals surface area contributed by atoms with Crippen LogP contribution in [-0.4, -0.2) is 0 Å². The van der Waals surface area contributed by atoms with Crippen molar-refractivity contribution in [2.45, 2.75) is 30.9 Å². The molecule has 0 bridgehead atoms. The van der Waals surface area contributed by atoms with Gasteiger partial charge in [0.25, 0.3) is 0 Å². The first-order chi connectivity index (χ1) is 30.9. The van der Waals surface area contributed by atoms with Crippen LogP contribution in [0, 0.1) is 85.4 Å². The van der Waals surface area contributed by atoms with Gasteiger partial charge in [-0.1, -0.05) is 12.1 Å². The van der Waals surface area contributed by atoms with Gasteiger partial charge in [0.2, 0.25) is 0 Å². The molecule has 0 saturated carbocycles. The molecular weight excluding hydrogens is 942 g/mol. The molecule has 4 aromatic rings. The van der Waals surface area contributed by atoms with Crippen LogP contribution in [0.15, 0.2) is 59.7 Å². The molecule has 0 heterocycles. The van der Waals surface area contributed by atoms with E-state index in [9.17, 15) is 97.4 Å². The van der Waals surface area contributed by atoms with Crippen molar-refractivity contribution in [2.24, 2.45) is 0 Å². The van der Waals surface area contributed by atoms with Gasteiger partial charge in [0.05, 0.1) is 39.0 Å². The average molecular weight is 951 g/mol. The zero-order valence-corrected chi connectivity index (χ0v) is 31.6. The van der Waals surface area contributed by atoms with E-state index < -0.39 is 165 Å². The summed E-state index contributed by atoms with van der Waals surface area (Å²) in [7, 11) is 0. The monoisotopic (exact) mass is 950 g/mol. The number of allylic oxidation sites excluding steroid dienone is 8. The number of halogens is 18. The Bertz CT molecular complexity index is 3000. The van der Waals surface area contributed by atoms with Crippen LogP contribution in [0.2, 0.25) is 0 Å². The van der Waals surface area contributed by atoms with E-state index in [0.29, 0.717) is 12.1 Å². The van der Waals surface area contributed by atoms with Gasteiger partial charge in [0.1, 0.15) is 65.0 Å². The van der Waals surface area contributed by atoms with Gasteiger partial charge in [0, 0.05) is 44.5 Å². The minimum Gasteiger partial charge on any atom is -0.206 e. The molecule has 6 nitrogen and oxygen atoms in total. The van der Waals surface area contributed by atoms with Gasteiger partial charge >= 0.3 is 30.9 Å². The molecule has 0 aromatic heterocycles. The van der Waals surface area contributed by atoms with E-state index in [1.807, 2.05) is 0 Å². The van der Waals surface area contributed by atoms with Gasteiger partial charge in [-0.05, 0) is 58.7 Å². The lowest BCUT2D eigenvalue weighted by molar-refractivity contribution is -0.149. The summed E-state index contributed by atoms with van der Waals surface area (Å²) in [4.78, 5) is 0. The third-order valence-electron chi connectivity index (χ3n) is 10.1. The largest absolute Gasteiger partial charge is 0.419 e. The van der Waals surface area contributed by atoms with E-state index in [1.54, 1.807) is 0 Å². The zero-order valence-electron chi connectivity index (χ0n) is 31.6. The molecule has 6 rings (SSSR count). The molecule has 0 aliphatic heterocycles. The summed E-state index contributed by atoms with van der Waals surface area (Å²) in [5.74, 6) is -8.03. The van der Waals surface area contributed by atoms with Crippen LogP contribution in [0.25, 0.3) is 44.6 Å². The number of rotatable bonds is 3. The van der Waals surface area contributed by atoms with Crippen molar-refractivity contribution in [3.8, 4) is 47.5 Å². The van der Waals surface area contributed by atoms with Crippen molar-refractivity contribution in [2.75, 3.05) is 0 Å². The van der Waals surface area contributed by atoms with Crippen LogP contribution in [0.5, 0.6) is 0 Å². The Labute approximate surface area is 360 Å². The van der Waals surface area contributed by atoms with Gasteiger partial charge in [-0.15, -0.1) is 0 Å². The first-order valence-electron chi connectivity index (χ1n) is 17.4. The summed E-state index contributed by atoms with van der Waals surface area (Å²) < 4.78 is 260. The lowest BCUT2D eigenvalue weighted by Gasteiger charge is -2.21. The van der Waals surface area contributed by atoms with Crippen molar-refractivity contribution < 1.29 is 79.0 Å². The number of fused-ring (bicyclic) bond motifs is 2. The Balaban J connectivity index is 1.98. The van der Waals surface area contributed by atoms with Crippen LogP contribution in [0.3, 0.4) is 0 Å². The van der Waals surface area contributed by atoms with Crippen LogP contribution in [0.4, 0.5) is 79.0 Å². The maximum atomic E-state index is 17.8. The lowest BCUT2D eigenvalue weighted by Crippen LogP contribution is -2.16. The van der Waals surface area contributed by atoms with Crippen LogP contribution in [0.1, 0.15) is 61.2 Å². The summed E-state index contributed by atoms with van der Waals surface area (Å²) >= 11 is 0. The summed E-state index contributed by atoms with van der Waals surface area (Å²) in [5.41, 5.74) is -34.2. The third-order valence-corrected chi connectivity index (χ3v) is 10.1. The average Bonchev–Trinajstić information content (AvgIpc) is 3.74. The van der Waals surface area contributed by atoms with Gasteiger partial charge < -0.3 is 0 Å². The Kier molecular flexibility index (Phi) is 11.4. The maximum absolute atomic E-state index is 17.8. The summed E-state index contributed by atoms with van der Waals surface area (Å²) in [5, 5.41) is 61.7. The standard InChI is InChI=1S/C43H8F18N6/c44-36-23(40(50,51)52)5-16(6-24(36)41(53,54)55)27-21(13-66)32-34(30(27)18(9-62)10-63)29(15-1-3-20(4-2-15)39(47,48)49)35-31(19(11-64)12-65)28(22(14-67)33(35)38(32)46)17-7-25(42(56,57)58)37(45)26(8-17)43(59,60)61/h1-8H. The number of nitriles is 6. The molecular formula is C43H8F18N6. The molecule has 0 N–H and O–H groups in total. The second-order valence-electron chi connectivity index (χ2n) is 13.7. The van der Waals surface area contributed by atoms with Crippen molar-refractivity contribution in [3.05, 3.63) is 138 Å². The van der Waals surface area contributed by atoms with Gasteiger partial charge in [-0.25, -0.2) is 13.2 Å². The van der Waals surface area contributed by atoms with Gasteiger partial charge in [-0.3, -0.25) is 0 Å². The molecule has 4 aromatic carbocycles. The fraction of sp³-hybridized carbons (Fsp3) is 0.116. The predicted molar refractivity (Wildman–Crippen MR) is 191 cm³/mol. The first-order valence-corrected chi connectivity index (χ1v) is 17.4. The highest BCUT2D eigenvalue weighted by molar-refractivity contribution is 6.33. The lowest BCUT2D eigenvalue weighted by atomic mass is 9.81. The highest BCUT2D eigenvalue weighted by Gasteiger charge is 2.49. The first kappa shape index (κ1) is 48.0. The van der Waals surface area contributed by atoms with Gasteiger partial charge in [-0.2, -0.15) is 97.4 Å². The smallest absolute Gasteiger partial charge is 0.206 e. The SMILES string of the molecule is N#CC(C#N)=C1C(c2cc(C(F)(F)F)c(F)c(C(F)(F)F)c2)=C(C#N)c2c(F)c3c(c(-c4ccc(C(F)(F)F)cc4)c21)C(=C(C#N)C#N)C(c1cc(C(F)(F)F)c(F)c(C(F)(F)F)c1)=C3C#N. The third kappa shape index (κ3) is 7.72. The predicted octanol–water partition coefficient (Wildman–Crippen LogP) is 13.4. The Morgan fingerprint density at radius 2 is 0.657 bits per heavy atom. The molecule has 0 radical (unpaired) electrons. The fourth-order valence-electron chi connectivity index (χ4n) is 7.49. The minimum absolute atomic E-state index is 0.245. The minimum atomic E-state index is -6.01. The number of alkyl halides is 15. The second kappa shape index (κ2) is 15.9. The van der Waals surface area contributed by atoms with E-state index in [-0.39, 0.29) is 36.4 Å². The van der Waals surface area contributed by atoms with Crippen molar-refractivity contribution in [1.82, 2.24) is 0 Å². The fourth-order valence-corrected chi connectivity index (χ4v) is 7.49. The normalized spacial score (nSPS) is 13.9. The number of benzene rings is 4. The van der Waals surface area contributed by atoms with E-state index in [2.05, 4.69) is 0 Å². The maximum Gasteiger partial charge on any atom is 0.419 e. The molecule has 0 saturated heterocycles. The number of nitrogens with zero attached hydrogens (tertiary/aromatic N) is 6. The van der Waals surface area contributed by atoms with E-state index in [1.165, 1.54) is 36.4 Å². The summed E-state index contributed by atoms with van der Waals surface area (Å²) in [6, 6.07) is 7.17. The highest BCUT2D eigenvalue weighted by Crippen LogP contribution is 2.61. The summed E-state index contributed by atoms with van der Waals surface area (Å²) in [6.07, 6.45) is -29.3. The zero-order chi connectivity index (χ0) is 50.3. The number of hydrogen-bond acceptors (Lipinski definition) is 6. The van der Waals surface area contributed by atoms with E-state index >= 15 is 13.2 Å². The Morgan fingerprint density at radius 3 is 0.896 bits per heavy atom. The van der Waals surface area contributed by atoms with Crippen molar-refractivity contribution >= 4 is 33.4 Å². The quantitative estimate of drug-likeness (QED) is 0.148. The molecule has 2 aliphatic carbocycles. The molecule has 0 unspecified atom stereocenters. The topological polar surface area (TPSA) is 143 Å². The molecule has 336 valence electrons. The van der Waals surface area contributed by atoms with Gasteiger partial charge in [0.15, 0.2) is 0 Å². The van der Waals surface area contributed by atoms with E-state index in [4.69, 9.17) is 0 Å². The molecule has 24 heteroatoms. The highest BCUT2D eigenvalue weighted by atomic mass is 19.4. The van der Waals surface area contributed by atoms with Crippen molar-refractivity contribution in [3.63, 3.8) is 0 Å². The van der Waals surface area contributed by atoms with Crippen LogP contribution < -0.4 is 0 Å². The molecule has 0 atom stereocenters. The molecule has 0 amide bonds. The van der Waals surface area contributed by atoms with Crippen LogP contribution >= 0.6 is 0 Å². The van der Waals surface area contributed by atoms with Crippen LogP contribution in [-0.2, 0) is 30.9 Å². The van der Waals surface area contributed by atoms with E-state index in [0.717, 1.165) is 0 Å². The Morgan fingerprint density at radius 1 is 0.358 bits per heavy atom. The molecule has 0 fully saturated rings. The summed E-state index contributed by atoms with van der Waals surface area (Å²) in [6.45, 7) is 0. The second-order valence-corrected chi connectivity index (χ2v) is 13.7.